The fourth-order valence-electron chi connectivity index (χ4n) is 2.18. The monoisotopic (exact) mass is 311 g/mol. The van der Waals surface area contributed by atoms with Crippen LogP contribution in [0.2, 0.25) is 0 Å². The Kier molecular flexibility index (Phi) is 4.78. The van der Waals surface area contributed by atoms with Crippen LogP contribution in [0.3, 0.4) is 0 Å². The van der Waals surface area contributed by atoms with E-state index >= 15 is 0 Å². The summed E-state index contributed by atoms with van der Waals surface area (Å²) < 4.78 is 6.28. The number of halogens is 1. The van der Waals surface area contributed by atoms with Crippen LogP contribution in [-0.2, 0) is 0 Å². The maximum Gasteiger partial charge on any atom is 0.176 e. The Hall–Kier alpha value is -0.870. The predicted octanol–water partition coefficient (Wildman–Crippen LogP) is 3.13. The van der Waals surface area contributed by atoms with Crippen molar-refractivity contribution in [3.8, 4) is 5.75 Å². The number of nitrogens with zero attached hydrogens (tertiary/aromatic N) is 1. The third-order valence-corrected chi connectivity index (χ3v) is 3.74. The maximum absolute atomic E-state index is 12.1. The van der Waals surface area contributed by atoms with Crippen molar-refractivity contribution >= 4 is 21.7 Å². The Labute approximate surface area is 116 Å². The SMILES string of the molecule is CCOc1ccc(C(=O)CN2CCCC2)cc1Br. The van der Waals surface area contributed by atoms with Crippen LogP contribution in [0.25, 0.3) is 0 Å². The van der Waals surface area contributed by atoms with Gasteiger partial charge in [-0.05, 0) is 67.0 Å². The third kappa shape index (κ3) is 3.33. The van der Waals surface area contributed by atoms with Crippen LogP contribution in [0, 0.1) is 0 Å². The van der Waals surface area contributed by atoms with E-state index in [2.05, 4.69) is 20.8 Å². The van der Waals surface area contributed by atoms with Crippen LogP contribution in [0.1, 0.15) is 30.1 Å². The highest BCUT2D eigenvalue weighted by atomic mass is 79.9. The lowest BCUT2D eigenvalue weighted by Gasteiger charge is -2.14. The van der Waals surface area contributed by atoms with Gasteiger partial charge in [0.05, 0.1) is 17.6 Å². The van der Waals surface area contributed by atoms with E-state index in [4.69, 9.17) is 4.74 Å². The zero-order valence-electron chi connectivity index (χ0n) is 10.6. The van der Waals surface area contributed by atoms with Gasteiger partial charge in [-0.3, -0.25) is 9.69 Å². The van der Waals surface area contributed by atoms with Gasteiger partial charge >= 0.3 is 0 Å². The van der Waals surface area contributed by atoms with Crippen molar-refractivity contribution in [1.82, 2.24) is 4.90 Å². The van der Waals surface area contributed by atoms with Gasteiger partial charge in [0.2, 0.25) is 0 Å². The van der Waals surface area contributed by atoms with Crippen LogP contribution < -0.4 is 4.74 Å². The number of carbonyl (C=O) groups excluding carboxylic acids is 1. The predicted molar refractivity (Wildman–Crippen MR) is 75.3 cm³/mol. The minimum absolute atomic E-state index is 0.181. The van der Waals surface area contributed by atoms with Crippen LogP contribution in [0.15, 0.2) is 22.7 Å². The molecule has 0 spiro atoms. The smallest absolute Gasteiger partial charge is 0.176 e. The van der Waals surface area contributed by atoms with Crippen LogP contribution in [0.5, 0.6) is 5.75 Å². The molecule has 0 bridgehead atoms. The molecule has 18 heavy (non-hydrogen) atoms. The van der Waals surface area contributed by atoms with E-state index in [0.717, 1.165) is 28.9 Å². The van der Waals surface area contributed by atoms with Gasteiger partial charge < -0.3 is 4.74 Å². The summed E-state index contributed by atoms with van der Waals surface area (Å²) in [7, 11) is 0. The van der Waals surface area contributed by atoms with Crippen LogP contribution >= 0.6 is 15.9 Å². The Morgan fingerprint density at radius 3 is 2.72 bits per heavy atom. The summed E-state index contributed by atoms with van der Waals surface area (Å²) in [4.78, 5) is 14.3. The van der Waals surface area contributed by atoms with E-state index in [1.165, 1.54) is 12.8 Å². The van der Waals surface area contributed by atoms with E-state index in [0.29, 0.717) is 13.2 Å². The molecule has 1 saturated heterocycles. The quantitative estimate of drug-likeness (QED) is 0.782. The standard InChI is InChI=1S/C14H18BrNO2/c1-2-18-14-6-5-11(9-12(14)15)13(17)10-16-7-3-4-8-16/h5-6,9H,2-4,7-8,10H2,1H3. The van der Waals surface area contributed by atoms with E-state index < -0.39 is 0 Å². The minimum atomic E-state index is 0.181. The molecule has 1 fully saturated rings. The summed E-state index contributed by atoms with van der Waals surface area (Å²) in [6, 6.07) is 5.54. The van der Waals surface area contributed by atoms with Crippen molar-refractivity contribution in [2.45, 2.75) is 19.8 Å². The molecule has 0 unspecified atom stereocenters. The summed E-state index contributed by atoms with van der Waals surface area (Å²) >= 11 is 3.44. The first-order chi connectivity index (χ1) is 8.70. The molecule has 98 valence electrons. The fourth-order valence-corrected chi connectivity index (χ4v) is 2.68. The highest BCUT2D eigenvalue weighted by molar-refractivity contribution is 9.10. The average molecular weight is 312 g/mol. The maximum atomic E-state index is 12.1. The van der Waals surface area contributed by atoms with Crippen LogP contribution in [0.4, 0.5) is 0 Å². The molecule has 0 N–H and O–H groups in total. The van der Waals surface area contributed by atoms with Gasteiger partial charge in [0.1, 0.15) is 5.75 Å². The van der Waals surface area contributed by atoms with E-state index in [1.807, 2.05) is 25.1 Å². The normalized spacial score (nSPS) is 15.9. The Balaban J connectivity index is 2.03. The van der Waals surface area contributed by atoms with Crippen molar-refractivity contribution < 1.29 is 9.53 Å². The zero-order chi connectivity index (χ0) is 13.0. The van der Waals surface area contributed by atoms with Crippen molar-refractivity contribution in [3.05, 3.63) is 28.2 Å². The number of ether oxygens (including phenoxy) is 1. The average Bonchev–Trinajstić information content (AvgIpc) is 2.84. The van der Waals surface area contributed by atoms with Gasteiger partial charge in [-0.25, -0.2) is 0 Å². The number of Topliss-reactive ketones (excluding diaryl/α,β-unsaturated/α-hetero) is 1. The second kappa shape index (κ2) is 6.34. The first-order valence-corrected chi connectivity index (χ1v) is 7.18. The molecule has 3 nitrogen and oxygen atoms in total. The molecule has 4 heteroatoms. The van der Waals surface area contributed by atoms with Gasteiger partial charge in [0.25, 0.3) is 0 Å². The molecule has 0 aromatic heterocycles. The summed E-state index contributed by atoms with van der Waals surface area (Å²) in [6.45, 7) is 5.19. The second-order valence-electron chi connectivity index (χ2n) is 4.48. The topological polar surface area (TPSA) is 29.5 Å². The molecule has 2 rings (SSSR count). The highest BCUT2D eigenvalue weighted by Gasteiger charge is 2.16. The molecule has 0 amide bonds. The molecule has 0 radical (unpaired) electrons. The first kappa shape index (κ1) is 13.6. The molecule has 1 aliphatic rings. The molecule has 0 saturated carbocycles. The summed E-state index contributed by atoms with van der Waals surface area (Å²) in [5.74, 6) is 0.968. The molecule has 1 aliphatic heterocycles. The summed E-state index contributed by atoms with van der Waals surface area (Å²) in [5, 5.41) is 0. The van der Waals surface area contributed by atoms with Gasteiger partial charge in [-0.1, -0.05) is 0 Å². The lowest BCUT2D eigenvalue weighted by atomic mass is 10.1. The van der Waals surface area contributed by atoms with E-state index in [-0.39, 0.29) is 5.78 Å². The Morgan fingerprint density at radius 1 is 1.39 bits per heavy atom. The lowest BCUT2D eigenvalue weighted by molar-refractivity contribution is 0.0945. The Bertz CT molecular complexity index is 428. The number of hydrogen-bond acceptors (Lipinski definition) is 3. The minimum Gasteiger partial charge on any atom is -0.493 e. The van der Waals surface area contributed by atoms with Crippen LogP contribution in [-0.4, -0.2) is 36.9 Å². The van der Waals surface area contributed by atoms with Crippen molar-refractivity contribution in [2.24, 2.45) is 0 Å². The van der Waals surface area contributed by atoms with Crippen molar-refractivity contribution in [3.63, 3.8) is 0 Å². The van der Waals surface area contributed by atoms with Gasteiger partial charge in [-0.15, -0.1) is 0 Å². The molecular weight excluding hydrogens is 294 g/mol. The third-order valence-electron chi connectivity index (χ3n) is 3.12. The Morgan fingerprint density at radius 2 is 2.11 bits per heavy atom. The molecule has 1 heterocycles. The van der Waals surface area contributed by atoms with Crippen molar-refractivity contribution in [1.29, 1.82) is 0 Å². The summed E-state index contributed by atoms with van der Waals surface area (Å²) in [5.41, 5.74) is 0.747. The molecule has 1 aromatic carbocycles. The largest absolute Gasteiger partial charge is 0.493 e. The van der Waals surface area contributed by atoms with E-state index in [1.54, 1.807) is 0 Å². The zero-order valence-corrected chi connectivity index (χ0v) is 12.2. The van der Waals surface area contributed by atoms with Crippen molar-refractivity contribution in [2.75, 3.05) is 26.2 Å². The number of rotatable bonds is 5. The number of benzene rings is 1. The van der Waals surface area contributed by atoms with Gasteiger partial charge in [-0.2, -0.15) is 0 Å². The molecule has 0 atom stereocenters. The molecule has 1 aromatic rings. The summed E-state index contributed by atoms with van der Waals surface area (Å²) in [6.07, 6.45) is 2.42. The second-order valence-corrected chi connectivity index (χ2v) is 5.34. The lowest BCUT2D eigenvalue weighted by Crippen LogP contribution is -2.26. The van der Waals surface area contributed by atoms with Gasteiger partial charge in [0.15, 0.2) is 5.78 Å². The number of ketones is 1. The fraction of sp³-hybridized carbons (Fsp3) is 0.500. The highest BCUT2D eigenvalue weighted by Crippen LogP contribution is 2.26. The number of carbonyl (C=O) groups is 1. The first-order valence-electron chi connectivity index (χ1n) is 6.38. The van der Waals surface area contributed by atoms with Gasteiger partial charge in [0, 0.05) is 5.56 Å². The molecule has 0 aliphatic carbocycles. The molecular formula is C14H18BrNO2. The number of hydrogen-bond donors (Lipinski definition) is 0. The van der Waals surface area contributed by atoms with E-state index in [9.17, 15) is 4.79 Å². The number of likely N-dealkylation sites (tertiary alicyclic amines) is 1.